The fourth-order valence-electron chi connectivity index (χ4n) is 2.55. The third-order valence-corrected chi connectivity index (χ3v) is 3.86. The molecule has 1 fully saturated rings. The van der Waals surface area contributed by atoms with Crippen molar-refractivity contribution in [3.63, 3.8) is 0 Å². The molecule has 1 unspecified atom stereocenters. The maximum atomic E-state index is 12.9. The first-order valence-corrected chi connectivity index (χ1v) is 7.84. The summed E-state index contributed by atoms with van der Waals surface area (Å²) in [7, 11) is 0. The van der Waals surface area contributed by atoms with E-state index in [1.54, 1.807) is 12.1 Å². The molecule has 1 atom stereocenters. The van der Waals surface area contributed by atoms with Crippen molar-refractivity contribution in [2.24, 2.45) is 0 Å². The van der Waals surface area contributed by atoms with Gasteiger partial charge in [0.25, 0.3) is 11.5 Å². The fraction of sp³-hybridized carbons (Fsp3) is 0.353. The quantitative estimate of drug-likeness (QED) is 0.897. The summed E-state index contributed by atoms with van der Waals surface area (Å²) in [4.78, 5) is 24.1. The molecule has 2 aromatic rings. The highest BCUT2D eigenvalue weighted by Gasteiger charge is 2.17. The molecule has 6 nitrogen and oxygen atoms in total. The van der Waals surface area contributed by atoms with Gasteiger partial charge in [0.05, 0.1) is 12.6 Å². The predicted molar refractivity (Wildman–Crippen MR) is 85.3 cm³/mol. The van der Waals surface area contributed by atoms with Crippen molar-refractivity contribution in [1.29, 1.82) is 0 Å². The Bertz CT molecular complexity index is 767. The van der Waals surface area contributed by atoms with E-state index < -0.39 is 0 Å². The average Bonchev–Trinajstić information content (AvgIpc) is 3.10. The van der Waals surface area contributed by atoms with Gasteiger partial charge in [-0.15, -0.1) is 0 Å². The zero-order valence-corrected chi connectivity index (χ0v) is 13.1. The Balaban J connectivity index is 1.69. The minimum atomic E-state index is -0.349. The lowest BCUT2D eigenvalue weighted by Crippen LogP contribution is -2.34. The molecule has 3 rings (SSSR count). The van der Waals surface area contributed by atoms with Gasteiger partial charge in [0.2, 0.25) is 0 Å². The third kappa shape index (κ3) is 4.05. The first kappa shape index (κ1) is 16.3. The topological polar surface area (TPSA) is 73.2 Å². The maximum absolute atomic E-state index is 12.9. The molecule has 24 heavy (non-hydrogen) atoms. The second-order valence-electron chi connectivity index (χ2n) is 5.69. The fourth-order valence-corrected chi connectivity index (χ4v) is 2.55. The molecule has 1 aliphatic rings. The van der Waals surface area contributed by atoms with Crippen LogP contribution in [0.3, 0.4) is 0 Å². The molecule has 2 heterocycles. The van der Waals surface area contributed by atoms with Gasteiger partial charge >= 0.3 is 0 Å². The Morgan fingerprint density at radius 1 is 1.29 bits per heavy atom. The van der Waals surface area contributed by atoms with E-state index in [9.17, 15) is 14.0 Å². The van der Waals surface area contributed by atoms with Crippen molar-refractivity contribution < 1.29 is 13.9 Å². The highest BCUT2D eigenvalue weighted by Crippen LogP contribution is 2.10. The summed E-state index contributed by atoms with van der Waals surface area (Å²) in [6.45, 7) is 1.32. The zero-order valence-electron chi connectivity index (χ0n) is 13.1. The van der Waals surface area contributed by atoms with Gasteiger partial charge in [0.15, 0.2) is 0 Å². The first-order valence-electron chi connectivity index (χ1n) is 7.84. The van der Waals surface area contributed by atoms with Gasteiger partial charge in [-0.25, -0.2) is 9.07 Å². The van der Waals surface area contributed by atoms with Crippen molar-refractivity contribution in [1.82, 2.24) is 15.1 Å². The number of carbonyl (C=O) groups is 1. The number of halogens is 1. The number of carbonyl (C=O) groups excluding carboxylic acids is 1. The highest BCUT2D eigenvalue weighted by atomic mass is 19.1. The van der Waals surface area contributed by atoms with E-state index in [0.29, 0.717) is 6.54 Å². The Hall–Kier alpha value is -2.54. The SMILES string of the molecule is O=C(NCC1CCCO1)c1ccc(=O)n(Cc2ccc(F)cc2)n1. The molecule has 7 heteroatoms. The molecule has 126 valence electrons. The van der Waals surface area contributed by atoms with Gasteiger partial charge in [-0.3, -0.25) is 9.59 Å². The summed E-state index contributed by atoms with van der Waals surface area (Å²) in [5.74, 6) is -0.695. The molecular formula is C17H18FN3O3. The molecular weight excluding hydrogens is 313 g/mol. The predicted octanol–water partition coefficient (Wildman–Crippen LogP) is 1.34. The number of benzene rings is 1. The van der Waals surface area contributed by atoms with Crippen molar-refractivity contribution in [3.8, 4) is 0 Å². The molecule has 1 aromatic heterocycles. The second kappa shape index (κ2) is 7.35. The lowest BCUT2D eigenvalue weighted by Gasteiger charge is -2.11. The van der Waals surface area contributed by atoms with Gasteiger partial charge in [-0.05, 0) is 36.6 Å². The third-order valence-electron chi connectivity index (χ3n) is 3.86. The molecule has 1 saturated heterocycles. The summed E-state index contributed by atoms with van der Waals surface area (Å²) >= 11 is 0. The lowest BCUT2D eigenvalue weighted by molar-refractivity contribution is 0.0851. The Morgan fingerprint density at radius 3 is 2.79 bits per heavy atom. The molecule has 0 radical (unpaired) electrons. The van der Waals surface area contributed by atoms with Gasteiger partial charge in [-0.2, -0.15) is 5.10 Å². The zero-order chi connectivity index (χ0) is 16.9. The van der Waals surface area contributed by atoms with E-state index in [2.05, 4.69) is 10.4 Å². The van der Waals surface area contributed by atoms with Gasteiger partial charge in [-0.1, -0.05) is 12.1 Å². The molecule has 0 aliphatic carbocycles. The number of amides is 1. The molecule has 1 aliphatic heterocycles. The normalized spacial score (nSPS) is 17.0. The van der Waals surface area contributed by atoms with Crippen LogP contribution in [0, 0.1) is 5.82 Å². The van der Waals surface area contributed by atoms with Crippen LogP contribution in [0.2, 0.25) is 0 Å². The standard InChI is InChI=1S/C17H18FN3O3/c18-13-5-3-12(4-6-13)11-21-16(22)8-7-15(20-21)17(23)19-10-14-2-1-9-24-14/h3-8,14H,1-2,9-11H2,(H,19,23). The smallest absolute Gasteiger partial charge is 0.271 e. The maximum Gasteiger partial charge on any atom is 0.271 e. The van der Waals surface area contributed by atoms with Gasteiger partial charge < -0.3 is 10.1 Å². The van der Waals surface area contributed by atoms with Crippen LogP contribution in [0.25, 0.3) is 0 Å². The Morgan fingerprint density at radius 2 is 2.08 bits per heavy atom. The number of aromatic nitrogens is 2. The minimum absolute atomic E-state index is 0.0408. The first-order chi connectivity index (χ1) is 11.6. The second-order valence-corrected chi connectivity index (χ2v) is 5.69. The lowest BCUT2D eigenvalue weighted by atomic mass is 10.2. The van der Waals surface area contributed by atoms with Crippen LogP contribution in [0.4, 0.5) is 4.39 Å². The number of ether oxygens (including phenoxy) is 1. The number of hydrogen-bond donors (Lipinski definition) is 1. The number of hydrogen-bond acceptors (Lipinski definition) is 4. The Kier molecular flexibility index (Phi) is 5.00. The van der Waals surface area contributed by atoms with Crippen molar-refractivity contribution >= 4 is 5.91 Å². The summed E-state index contributed by atoms with van der Waals surface area (Å²) < 4.78 is 19.6. The molecule has 0 saturated carbocycles. The van der Waals surface area contributed by atoms with E-state index >= 15 is 0 Å². The Labute approximate surface area is 138 Å². The van der Waals surface area contributed by atoms with Crippen LogP contribution in [-0.2, 0) is 11.3 Å². The van der Waals surface area contributed by atoms with Crippen LogP contribution >= 0.6 is 0 Å². The summed E-state index contributed by atoms with van der Waals surface area (Å²) in [5.41, 5.74) is 0.563. The van der Waals surface area contributed by atoms with Crippen molar-refractivity contribution in [3.05, 3.63) is 63.8 Å². The molecule has 1 amide bonds. The van der Waals surface area contributed by atoms with E-state index in [4.69, 9.17) is 4.74 Å². The summed E-state index contributed by atoms with van der Waals surface area (Å²) in [6, 6.07) is 8.49. The van der Waals surface area contributed by atoms with Crippen molar-refractivity contribution in [2.75, 3.05) is 13.2 Å². The van der Waals surface area contributed by atoms with Gasteiger partial charge in [0, 0.05) is 19.2 Å². The minimum Gasteiger partial charge on any atom is -0.376 e. The van der Waals surface area contributed by atoms with Crippen LogP contribution in [0.15, 0.2) is 41.2 Å². The highest BCUT2D eigenvalue weighted by molar-refractivity contribution is 5.92. The van der Waals surface area contributed by atoms with Crippen LogP contribution < -0.4 is 10.9 Å². The number of nitrogens with one attached hydrogen (secondary N) is 1. The average molecular weight is 331 g/mol. The monoisotopic (exact) mass is 331 g/mol. The molecule has 1 N–H and O–H groups in total. The van der Waals surface area contributed by atoms with E-state index in [0.717, 1.165) is 25.0 Å². The largest absolute Gasteiger partial charge is 0.376 e. The summed E-state index contributed by atoms with van der Waals surface area (Å²) in [6.07, 6.45) is 1.97. The van der Waals surface area contributed by atoms with Crippen LogP contribution in [0.1, 0.15) is 28.9 Å². The molecule has 0 bridgehead atoms. The van der Waals surface area contributed by atoms with Crippen LogP contribution in [0.5, 0.6) is 0 Å². The van der Waals surface area contributed by atoms with Crippen molar-refractivity contribution in [2.45, 2.75) is 25.5 Å². The molecule has 1 aromatic carbocycles. The number of rotatable bonds is 5. The van der Waals surface area contributed by atoms with Gasteiger partial charge in [0.1, 0.15) is 11.5 Å². The van der Waals surface area contributed by atoms with E-state index in [1.165, 1.54) is 28.9 Å². The summed E-state index contributed by atoms with van der Waals surface area (Å²) in [5, 5.41) is 6.86. The van der Waals surface area contributed by atoms with E-state index in [-0.39, 0.29) is 35.6 Å². The van der Waals surface area contributed by atoms with E-state index in [1.807, 2.05) is 0 Å². The van der Waals surface area contributed by atoms with Crippen LogP contribution in [-0.4, -0.2) is 34.9 Å². The molecule has 0 spiro atoms. The number of nitrogens with zero attached hydrogens (tertiary/aromatic N) is 2.